The molecule has 0 atom stereocenters. The summed E-state index contributed by atoms with van der Waals surface area (Å²) in [6.45, 7) is 3.76. The Morgan fingerprint density at radius 1 is 0.923 bits per heavy atom. The molecule has 0 aliphatic carbocycles. The summed E-state index contributed by atoms with van der Waals surface area (Å²) in [6, 6.07) is 15.2. The van der Waals surface area contributed by atoms with Gasteiger partial charge in [0.1, 0.15) is 12.4 Å². The maximum Gasteiger partial charge on any atom is 0.243 e. The highest BCUT2D eigenvalue weighted by molar-refractivity contribution is 7.89. The number of sulfonamides is 1. The first kappa shape index (κ1) is 17.3. The molecule has 0 aromatic heterocycles. The summed E-state index contributed by atoms with van der Waals surface area (Å²) in [5, 5.41) is 0. The number of rotatable bonds is 4. The van der Waals surface area contributed by atoms with Crippen molar-refractivity contribution in [2.75, 3.05) is 44.4 Å². The third-order valence-corrected chi connectivity index (χ3v) is 6.60. The number of ether oxygens (including phenoxy) is 2. The summed E-state index contributed by atoms with van der Waals surface area (Å²) in [6.07, 6.45) is 0. The number of nitrogens with zero attached hydrogens (tertiary/aromatic N) is 2. The van der Waals surface area contributed by atoms with Gasteiger partial charge in [-0.3, -0.25) is 0 Å². The average Bonchev–Trinajstić information content (AvgIpc) is 2.69. The summed E-state index contributed by atoms with van der Waals surface area (Å²) in [7, 11) is -3.48. The van der Waals surface area contributed by atoms with Crippen molar-refractivity contribution in [3.05, 3.63) is 54.1 Å². The fourth-order valence-corrected chi connectivity index (χ4v) is 4.83. The van der Waals surface area contributed by atoms with Crippen LogP contribution in [0, 0.1) is 0 Å². The molecule has 7 heteroatoms. The molecule has 1 saturated heterocycles. The van der Waals surface area contributed by atoms with Gasteiger partial charge < -0.3 is 14.4 Å². The molecule has 2 aliphatic heterocycles. The van der Waals surface area contributed by atoms with Crippen molar-refractivity contribution in [1.29, 1.82) is 0 Å². The molecule has 2 aliphatic rings. The predicted molar refractivity (Wildman–Crippen MR) is 99.0 cm³/mol. The van der Waals surface area contributed by atoms with E-state index >= 15 is 0 Å². The monoisotopic (exact) mass is 374 g/mol. The largest absolute Gasteiger partial charge is 0.490 e. The van der Waals surface area contributed by atoms with E-state index in [1.54, 1.807) is 12.1 Å². The second kappa shape index (κ2) is 7.26. The van der Waals surface area contributed by atoms with Crippen LogP contribution in [0.4, 0.5) is 5.69 Å². The number of benzene rings is 2. The Kier molecular flexibility index (Phi) is 4.84. The maximum absolute atomic E-state index is 12.9. The fourth-order valence-electron chi connectivity index (χ4n) is 3.35. The molecule has 2 aromatic carbocycles. The van der Waals surface area contributed by atoms with E-state index in [1.165, 1.54) is 4.31 Å². The van der Waals surface area contributed by atoms with Crippen molar-refractivity contribution >= 4 is 15.7 Å². The minimum Gasteiger partial charge on any atom is -0.490 e. The first-order valence-electron chi connectivity index (χ1n) is 8.78. The highest BCUT2D eigenvalue weighted by Gasteiger charge is 2.26. The van der Waals surface area contributed by atoms with Gasteiger partial charge in [0.25, 0.3) is 0 Å². The van der Waals surface area contributed by atoms with Crippen LogP contribution in [0.25, 0.3) is 0 Å². The lowest BCUT2D eigenvalue weighted by atomic mass is 10.1. The van der Waals surface area contributed by atoms with Crippen molar-refractivity contribution in [3.8, 4) is 5.75 Å². The average molecular weight is 374 g/mol. The number of morpholine rings is 1. The Bertz CT molecular complexity index is 879. The third kappa shape index (κ3) is 3.42. The van der Waals surface area contributed by atoms with Crippen molar-refractivity contribution in [1.82, 2.24) is 4.31 Å². The minimum absolute atomic E-state index is 0.346. The van der Waals surface area contributed by atoms with Crippen LogP contribution in [-0.4, -0.2) is 52.2 Å². The zero-order valence-corrected chi connectivity index (χ0v) is 15.3. The predicted octanol–water partition coefficient (Wildman–Crippen LogP) is 2.11. The summed E-state index contributed by atoms with van der Waals surface area (Å²) >= 11 is 0. The van der Waals surface area contributed by atoms with Crippen LogP contribution in [0.5, 0.6) is 5.75 Å². The van der Waals surface area contributed by atoms with Gasteiger partial charge in [-0.05, 0) is 29.8 Å². The molecule has 0 saturated carbocycles. The normalized spacial score (nSPS) is 18.2. The molecule has 1 fully saturated rings. The quantitative estimate of drug-likeness (QED) is 0.820. The van der Waals surface area contributed by atoms with Crippen LogP contribution in [0.3, 0.4) is 0 Å². The first-order valence-corrected chi connectivity index (χ1v) is 10.2. The zero-order chi connectivity index (χ0) is 18.0. The van der Waals surface area contributed by atoms with Gasteiger partial charge in [0, 0.05) is 19.6 Å². The third-order valence-electron chi connectivity index (χ3n) is 4.70. The van der Waals surface area contributed by atoms with E-state index in [9.17, 15) is 8.42 Å². The Balaban J connectivity index is 1.57. The summed E-state index contributed by atoms with van der Waals surface area (Å²) in [5.74, 6) is 0.871. The van der Waals surface area contributed by atoms with Gasteiger partial charge in [0.2, 0.25) is 10.0 Å². The van der Waals surface area contributed by atoms with Crippen molar-refractivity contribution in [2.24, 2.45) is 0 Å². The van der Waals surface area contributed by atoms with E-state index < -0.39 is 10.0 Å². The highest BCUT2D eigenvalue weighted by atomic mass is 32.2. The molecule has 0 amide bonds. The van der Waals surface area contributed by atoms with E-state index in [0.29, 0.717) is 44.4 Å². The van der Waals surface area contributed by atoms with Crippen LogP contribution in [0.1, 0.15) is 5.56 Å². The van der Waals surface area contributed by atoms with Crippen molar-refractivity contribution in [2.45, 2.75) is 11.4 Å². The van der Waals surface area contributed by atoms with E-state index in [1.807, 2.05) is 36.4 Å². The number of anilines is 1. The van der Waals surface area contributed by atoms with E-state index in [2.05, 4.69) is 4.90 Å². The van der Waals surface area contributed by atoms with Gasteiger partial charge in [-0.1, -0.05) is 24.3 Å². The van der Waals surface area contributed by atoms with Crippen molar-refractivity contribution < 1.29 is 17.9 Å². The van der Waals surface area contributed by atoms with Crippen LogP contribution >= 0.6 is 0 Å². The topological polar surface area (TPSA) is 59.1 Å². The molecule has 2 heterocycles. The van der Waals surface area contributed by atoms with E-state index in [0.717, 1.165) is 23.5 Å². The standard InChI is InChI=1S/C19H22N2O4S/c22-26(23,21-9-11-24-12-10-21)17-5-3-4-16(14-17)15-20-8-13-25-19-7-2-1-6-18(19)20/h1-7,14H,8-13,15H2. The maximum atomic E-state index is 12.9. The van der Waals surface area contributed by atoms with Gasteiger partial charge in [-0.2, -0.15) is 4.31 Å². The van der Waals surface area contributed by atoms with Crippen LogP contribution in [0.15, 0.2) is 53.4 Å². The minimum atomic E-state index is -3.48. The summed E-state index contributed by atoms with van der Waals surface area (Å²) < 4.78 is 38.2. The van der Waals surface area contributed by atoms with Gasteiger partial charge >= 0.3 is 0 Å². The lowest BCUT2D eigenvalue weighted by Gasteiger charge is -2.31. The molecule has 26 heavy (non-hydrogen) atoms. The first-order chi connectivity index (χ1) is 12.6. The Morgan fingerprint density at radius 2 is 1.73 bits per heavy atom. The molecule has 0 spiro atoms. The summed E-state index contributed by atoms with van der Waals surface area (Å²) in [4.78, 5) is 2.57. The van der Waals surface area contributed by atoms with Gasteiger partial charge in [-0.25, -0.2) is 8.42 Å². The van der Waals surface area contributed by atoms with Gasteiger partial charge in [0.05, 0.1) is 30.3 Å². The molecule has 6 nitrogen and oxygen atoms in total. The van der Waals surface area contributed by atoms with E-state index in [-0.39, 0.29) is 0 Å². The molecule has 0 bridgehead atoms. The molecular formula is C19H22N2O4S. The van der Waals surface area contributed by atoms with Gasteiger partial charge in [-0.15, -0.1) is 0 Å². The number of hydrogen-bond donors (Lipinski definition) is 0. The van der Waals surface area contributed by atoms with Crippen LogP contribution in [-0.2, 0) is 21.3 Å². The smallest absolute Gasteiger partial charge is 0.243 e. The second-order valence-corrected chi connectivity index (χ2v) is 8.34. The summed E-state index contributed by atoms with van der Waals surface area (Å²) in [5.41, 5.74) is 2.01. The lowest BCUT2D eigenvalue weighted by Crippen LogP contribution is -2.40. The van der Waals surface area contributed by atoms with Crippen molar-refractivity contribution in [3.63, 3.8) is 0 Å². The number of fused-ring (bicyclic) bond motifs is 1. The zero-order valence-electron chi connectivity index (χ0n) is 14.5. The fraction of sp³-hybridized carbons (Fsp3) is 0.368. The number of hydrogen-bond acceptors (Lipinski definition) is 5. The highest BCUT2D eigenvalue weighted by Crippen LogP contribution is 2.32. The molecule has 0 N–H and O–H groups in total. The molecule has 4 rings (SSSR count). The lowest BCUT2D eigenvalue weighted by molar-refractivity contribution is 0.0730. The van der Waals surface area contributed by atoms with Crippen LogP contribution < -0.4 is 9.64 Å². The Labute approximate surface area is 154 Å². The number of para-hydroxylation sites is 2. The molecule has 138 valence electrons. The molecular weight excluding hydrogens is 352 g/mol. The molecule has 2 aromatic rings. The molecule has 0 radical (unpaired) electrons. The van der Waals surface area contributed by atoms with E-state index in [4.69, 9.17) is 9.47 Å². The SMILES string of the molecule is O=S(=O)(c1cccc(CN2CCOc3ccccc32)c1)N1CCOCC1. The second-order valence-electron chi connectivity index (χ2n) is 6.40. The molecule has 0 unspecified atom stereocenters. The Hall–Kier alpha value is -2.09. The van der Waals surface area contributed by atoms with Crippen LogP contribution in [0.2, 0.25) is 0 Å². The van der Waals surface area contributed by atoms with Gasteiger partial charge in [0.15, 0.2) is 0 Å². The Morgan fingerprint density at radius 3 is 2.58 bits per heavy atom.